The van der Waals surface area contributed by atoms with E-state index >= 15 is 0 Å². The highest BCUT2D eigenvalue weighted by Gasteiger charge is 2.57. The molecule has 0 saturated heterocycles. The van der Waals surface area contributed by atoms with Crippen LogP contribution in [0.1, 0.15) is 28.5 Å². The van der Waals surface area contributed by atoms with Crippen LogP contribution in [0.2, 0.25) is 0 Å². The highest BCUT2D eigenvalue weighted by molar-refractivity contribution is 7.22. The zero-order valence-corrected chi connectivity index (χ0v) is 23.6. The average Bonchev–Trinajstić information content (AvgIpc) is 3.55. The number of thiazole rings is 1. The first-order valence-electron chi connectivity index (χ1n) is 12.9. The third-order valence-electron chi connectivity index (χ3n) is 7.21. The quantitative estimate of drug-likeness (QED) is 0.184. The minimum Gasteiger partial charge on any atom is -0.489 e. The Morgan fingerprint density at radius 1 is 1.11 bits per heavy atom. The minimum absolute atomic E-state index is 0.0462. The molecule has 1 aliphatic heterocycles. The van der Waals surface area contributed by atoms with Gasteiger partial charge in [-0.15, -0.1) is 0 Å². The molecule has 4 aromatic rings. The summed E-state index contributed by atoms with van der Waals surface area (Å²) in [5, 5.41) is 16.0. The third-order valence-corrected chi connectivity index (χ3v) is 8.15. The van der Waals surface area contributed by atoms with Crippen LogP contribution in [-0.2, 0) is 20.6 Å². The van der Waals surface area contributed by atoms with E-state index in [9.17, 15) is 37.1 Å². The summed E-state index contributed by atoms with van der Waals surface area (Å²) in [6.07, 6.45) is -5.37. The van der Waals surface area contributed by atoms with Gasteiger partial charge < -0.3 is 31.9 Å². The maximum atomic E-state index is 14.6. The maximum Gasteiger partial charge on any atom is 0.424 e. The normalized spacial score (nSPS) is 17.4. The topological polar surface area (TPSA) is 183 Å². The van der Waals surface area contributed by atoms with Crippen molar-refractivity contribution in [1.82, 2.24) is 15.3 Å². The summed E-state index contributed by atoms with van der Waals surface area (Å²) in [7, 11) is 0. The molecule has 2 aromatic carbocycles. The van der Waals surface area contributed by atoms with E-state index in [1.54, 1.807) is 0 Å². The van der Waals surface area contributed by atoms with Gasteiger partial charge in [-0.1, -0.05) is 11.3 Å². The second kappa shape index (κ2) is 11.1. The van der Waals surface area contributed by atoms with Gasteiger partial charge in [0.1, 0.15) is 29.3 Å². The lowest BCUT2D eigenvalue weighted by atomic mass is 9.81. The standard InChI is InChI=1S/C28H24F4N6O5S/c1-26(24(34)41)12-43-22-16(26)9-19(37-21(22)13-2-5-15(29)6-3-13)27(42,28(30,31)32)11-35-23(40)14-4-7-17-18(8-14)44-25(36-17)38-20(39)10-33/h2-9,42H,10-12,33H2,1H3,(H2,34,41)(H,35,40)(H,36,38,39)/t26-,27-/m0/s1. The molecule has 11 nitrogen and oxygen atoms in total. The number of nitrogens with zero attached hydrogens (tertiary/aromatic N) is 2. The first kappa shape index (κ1) is 30.8. The van der Waals surface area contributed by atoms with Gasteiger partial charge in [-0.3, -0.25) is 14.4 Å². The molecular weight excluding hydrogens is 608 g/mol. The van der Waals surface area contributed by atoms with E-state index in [4.69, 9.17) is 16.2 Å². The molecule has 230 valence electrons. The summed E-state index contributed by atoms with van der Waals surface area (Å²) in [5.41, 5.74) is 4.85. The predicted octanol–water partition coefficient (Wildman–Crippen LogP) is 2.71. The monoisotopic (exact) mass is 632 g/mol. The van der Waals surface area contributed by atoms with E-state index in [-0.39, 0.29) is 46.4 Å². The van der Waals surface area contributed by atoms with Gasteiger partial charge in [-0.2, -0.15) is 13.2 Å². The molecule has 44 heavy (non-hydrogen) atoms. The lowest BCUT2D eigenvalue weighted by Crippen LogP contribution is -2.51. The highest BCUT2D eigenvalue weighted by atomic mass is 32.1. The van der Waals surface area contributed by atoms with Crippen LogP contribution < -0.4 is 26.8 Å². The molecule has 3 heterocycles. The van der Waals surface area contributed by atoms with Gasteiger partial charge in [0.25, 0.3) is 5.91 Å². The van der Waals surface area contributed by atoms with Crippen LogP contribution in [0.25, 0.3) is 21.5 Å². The lowest BCUT2D eigenvalue weighted by molar-refractivity contribution is -0.265. The largest absolute Gasteiger partial charge is 0.489 e. The Labute approximate surface area is 250 Å². The van der Waals surface area contributed by atoms with E-state index in [0.717, 1.165) is 29.5 Å². The SMILES string of the molecule is C[C@]1(C(N)=O)COc2c1cc([C@@](O)(CNC(=O)c1ccc3nc(NC(=O)CN)sc3c1)C(F)(F)F)nc2-c1ccc(F)cc1. The zero-order valence-electron chi connectivity index (χ0n) is 22.8. The van der Waals surface area contributed by atoms with Crippen molar-refractivity contribution >= 4 is 44.4 Å². The molecule has 0 unspecified atom stereocenters. The van der Waals surface area contributed by atoms with Crippen molar-refractivity contribution in [2.24, 2.45) is 11.5 Å². The van der Waals surface area contributed by atoms with E-state index < -0.39 is 53.0 Å². The lowest BCUT2D eigenvalue weighted by Gasteiger charge is -2.31. The van der Waals surface area contributed by atoms with Crippen molar-refractivity contribution in [3.05, 3.63) is 71.2 Å². The fourth-order valence-corrected chi connectivity index (χ4v) is 5.46. The Bertz CT molecular complexity index is 1800. The van der Waals surface area contributed by atoms with E-state index in [0.29, 0.717) is 10.2 Å². The molecule has 0 saturated carbocycles. The molecule has 2 aromatic heterocycles. The van der Waals surface area contributed by atoms with Crippen LogP contribution in [0, 0.1) is 5.82 Å². The Hall–Kier alpha value is -4.67. The van der Waals surface area contributed by atoms with Gasteiger partial charge in [0.2, 0.25) is 17.4 Å². The molecule has 2 atom stereocenters. The highest BCUT2D eigenvalue weighted by Crippen LogP contribution is 2.47. The number of fused-ring (bicyclic) bond motifs is 2. The van der Waals surface area contributed by atoms with Crippen LogP contribution >= 0.6 is 11.3 Å². The molecule has 5 rings (SSSR count). The number of amides is 3. The summed E-state index contributed by atoms with van der Waals surface area (Å²) in [4.78, 5) is 45.2. The molecule has 0 spiro atoms. The average molecular weight is 633 g/mol. The molecule has 7 N–H and O–H groups in total. The predicted molar refractivity (Wildman–Crippen MR) is 151 cm³/mol. The summed E-state index contributed by atoms with van der Waals surface area (Å²) in [5.74, 6) is -3.01. The number of nitrogens with two attached hydrogens (primary N) is 2. The number of carbonyl (C=O) groups excluding carboxylic acids is 3. The molecule has 0 radical (unpaired) electrons. The van der Waals surface area contributed by atoms with Gasteiger partial charge in [0, 0.05) is 16.7 Å². The van der Waals surface area contributed by atoms with Gasteiger partial charge >= 0.3 is 6.18 Å². The van der Waals surface area contributed by atoms with Crippen LogP contribution in [-0.4, -0.2) is 58.7 Å². The summed E-state index contributed by atoms with van der Waals surface area (Å²) < 4.78 is 63.6. The smallest absolute Gasteiger partial charge is 0.424 e. The second-order valence-electron chi connectivity index (χ2n) is 10.2. The summed E-state index contributed by atoms with van der Waals surface area (Å²) in [6.45, 7) is -0.576. The Morgan fingerprint density at radius 3 is 2.45 bits per heavy atom. The van der Waals surface area contributed by atoms with Crippen molar-refractivity contribution < 1.29 is 41.8 Å². The first-order valence-corrected chi connectivity index (χ1v) is 13.7. The number of nitrogens with one attached hydrogen (secondary N) is 2. The molecule has 16 heteroatoms. The minimum atomic E-state index is -5.37. The Balaban J connectivity index is 1.52. The number of alkyl halides is 3. The molecule has 0 aliphatic carbocycles. The molecule has 0 bridgehead atoms. The molecule has 1 aliphatic rings. The molecular formula is C28H24F4N6O5S. The zero-order chi connectivity index (χ0) is 32.0. The summed E-state index contributed by atoms with van der Waals surface area (Å²) in [6, 6.07) is 9.62. The first-order chi connectivity index (χ1) is 20.7. The van der Waals surface area contributed by atoms with Crippen LogP contribution in [0.4, 0.5) is 22.7 Å². The Morgan fingerprint density at radius 2 is 1.82 bits per heavy atom. The van der Waals surface area contributed by atoms with E-state index in [2.05, 4.69) is 20.6 Å². The van der Waals surface area contributed by atoms with Gasteiger partial charge in [0.15, 0.2) is 5.13 Å². The van der Waals surface area contributed by atoms with Crippen molar-refractivity contribution in [2.45, 2.75) is 24.1 Å². The van der Waals surface area contributed by atoms with Crippen molar-refractivity contribution in [1.29, 1.82) is 0 Å². The number of rotatable bonds is 8. The number of halogens is 4. The van der Waals surface area contributed by atoms with Gasteiger partial charge in [0.05, 0.1) is 29.0 Å². The number of ether oxygens (including phenoxy) is 1. The second-order valence-corrected chi connectivity index (χ2v) is 11.2. The number of primary amides is 1. The number of benzene rings is 2. The van der Waals surface area contributed by atoms with Crippen molar-refractivity contribution in [3.8, 4) is 17.0 Å². The molecule has 3 amide bonds. The Kier molecular flexibility index (Phi) is 7.77. The number of pyridine rings is 1. The van der Waals surface area contributed by atoms with Crippen molar-refractivity contribution in [3.63, 3.8) is 0 Å². The maximum absolute atomic E-state index is 14.6. The van der Waals surface area contributed by atoms with Crippen LogP contribution in [0.3, 0.4) is 0 Å². The number of carbonyl (C=O) groups is 3. The van der Waals surface area contributed by atoms with E-state index in [1.165, 1.54) is 37.3 Å². The fourth-order valence-electron chi connectivity index (χ4n) is 4.54. The molecule has 0 fully saturated rings. The third kappa shape index (κ3) is 5.42. The number of hydrogen-bond donors (Lipinski definition) is 5. The fraction of sp³-hybridized carbons (Fsp3) is 0.250. The summed E-state index contributed by atoms with van der Waals surface area (Å²) >= 11 is 1.02. The number of hydrogen-bond acceptors (Lipinski definition) is 9. The number of aromatic nitrogens is 2. The van der Waals surface area contributed by atoms with Gasteiger partial charge in [-0.25, -0.2) is 14.4 Å². The number of aliphatic hydroxyl groups is 1. The van der Waals surface area contributed by atoms with Gasteiger partial charge in [-0.05, 0) is 55.5 Å². The van der Waals surface area contributed by atoms with Crippen molar-refractivity contribution in [2.75, 3.05) is 25.0 Å². The van der Waals surface area contributed by atoms with E-state index in [1.807, 2.05) is 0 Å². The number of anilines is 1. The van der Waals surface area contributed by atoms with Crippen LogP contribution in [0.15, 0.2) is 48.5 Å². The van der Waals surface area contributed by atoms with Crippen LogP contribution in [0.5, 0.6) is 5.75 Å².